The monoisotopic (exact) mass is 140 g/mol. The highest BCUT2D eigenvalue weighted by Gasteiger charge is 1.87. The van der Waals surface area contributed by atoms with Crippen LogP contribution in [0.25, 0.3) is 0 Å². The molecule has 2 heteroatoms. The van der Waals surface area contributed by atoms with E-state index in [9.17, 15) is 9.59 Å². The SMILES string of the molecule is CCC(=O)/C=C\CCC=O. The third-order valence-electron chi connectivity index (χ3n) is 1.10. The van der Waals surface area contributed by atoms with E-state index in [1.165, 1.54) is 6.08 Å². The van der Waals surface area contributed by atoms with Crippen LogP contribution in [0.2, 0.25) is 0 Å². The second-order valence-electron chi connectivity index (χ2n) is 1.97. The first-order chi connectivity index (χ1) is 4.81. The van der Waals surface area contributed by atoms with Crippen molar-refractivity contribution in [2.45, 2.75) is 26.2 Å². The van der Waals surface area contributed by atoms with Crippen molar-refractivity contribution < 1.29 is 9.59 Å². The van der Waals surface area contributed by atoms with Crippen LogP contribution in [0.3, 0.4) is 0 Å². The average Bonchev–Trinajstić information content (AvgIpc) is 1.98. The molecule has 0 spiro atoms. The molecule has 0 N–H and O–H groups in total. The van der Waals surface area contributed by atoms with Crippen LogP contribution in [0.4, 0.5) is 0 Å². The third kappa shape index (κ3) is 5.22. The van der Waals surface area contributed by atoms with Gasteiger partial charge in [0, 0.05) is 12.8 Å². The summed E-state index contributed by atoms with van der Waals surface area (Å²) >= 11 is 0. The Morgan fingerprint density at radius 1 is 1.40 bits per heavy atom. The quantitative estimate of drug-likeness (QED) is 0.329. The van der Waals surface area contributed by atoms with Crippen molar-refractivity contribution in [3.05, 3.63) is 12.2 Å². The molecule has 0 aliphatic heterocycles. The Morgan fingerprint density at radius 3 is 2.60 bits per heavy atom. The van der Waals surface area contributed by atoms with Crippen molar-refractivity contribution in [1.82, 2.24) is 0 Å². The number of rotatable bonds is 5. The smallest absolute Gasteiger partial charge is 0.155 e. The second-order valence-corrected chi connectivity index (χ2v) is 1.97. The predicted octanol–water partition coefficient (Wildman–Crippen LogP) is 1.50. The van der Waals surface area contributed by atoms with Crippen LogP contribution in [-0.2, 0) is 9.59 Å². The minimum absolute atomic E-state index is 0.117. The summed E-state index contributed by atoms with van der Waals surface area (Å²) in [6.07, 6.45) is 5.84. The van der Waals surface area contributed by atoms with Crippen molar-refractivity contribution in [1.29, 1.82) is 0 Å². The van der Waals surface area contributed by atoms with E-state index in [0.717, 1.165) is 6.29 Å². The van der Waals surface area contributed by atoms with Crippen LogP contribution in [0.15, 0.2) is 12.2 Å². The fourth-order valence-corrected chi connectivity index (χ4v) is 0.497. The Kier molecular flexibility index (Phi) is 5.63. The number of carbonyl (C=O) groups is 2. The molecule has 0 aromatic rings. The van der Waals surface area contributed by atoms with Gasteiger partial charge < -0.3 is 4.79 Å². The second kappa shape index (κ2) is 6.20. The molecular formula is C8H12O2. The molecule has 0 bridgehead atoms. The van der Waals surface area contributed by atoms with Gasteiger partial charge in [0.15, 0.2) is 5.78 Å². The van der Waals surface area contributed by atoms with Crippen LogP contribution < -0.4 is 0 Å². The minimum atomic E-state index is 0.117. The van der Waals surface area contributed by atoms with Gasteiger partial charge in [-0.1, -0.05) is 13.0 Å². The largest absolute Gasteiger partial charge is 0.303 e. The average molecular weight is 140 g/mol. The Balaban J connectivity index is 3.35. The Hall–Kier alpha value is -0.920. The first-order valence-electron chi connectivity index (χ1n) is 3.44. The standard InChI is InChI=1S/C8H12O2/c1-2-8(10)6-4-3-5-7-9/h4,6-7H,2-3,5H2,1H3/b6-4-. The fourth-order valence-electron chi connectivity index (χ4n) is 0.497. The van der Waals surface area contributed by atoms with Gasteiger partial charge in [-0.3, -0.25) is 4.79 Å². The number of carbonyl (C=O) groups excluding carboxylic acids is 2. The molecule has 0 amide bonds. The van der Waals surface area contributed by atoms with Gasteiger partial charge in [0.1, 0.15) is 6.29 Å². The molecule has 10 heavy (non-hydrogen) atoms. The van der Waals surface area contributed by atoms with Gasteiger partial charge in [-0.2, -0.15) is 0 Å². The van der Waals surface area contributed by atoms with Gasteiger partial charge in [-0.15, -0.1) is 0 Å². The summed E-state index contributed by atoms with van der Waals surface area (Å²) in [6.45, 7) is 1.81. The Morgan fingerprint density at radius 2 is 2.10 bits per heavy atom. The molecular weight excluding hydrogens is 128 g/mol. The van der Waals surface area contributed by atoms with Gasteiger partial charge >= 0.3 is 0 Å². The van der Waals surface area contributed by atoms with E-state index in [0.29, 0.717) is 19.3 Å². The summed E-state index contributed by atoms with van der Waals surface area (Å²) in [6, 6.07) is 0. The number of unbranched alkanes of at least 4 members (excludes halogenated alkanes) is 1. The zero-order valence-corrected chi connectivity index (χ0v) is 6.17. The molecule has 0 aromatic heterocycles. The molecule has 0 saturated heterocycles. The summed E-state index contributed by atoms with van der Waals surface area (Å²) < 4.78 is 0. The van der Waals surface area contributed by atoms with E-state index in [2.05, 4.69) is 0 Å². The molecule has 0 atom stereocenters. The number of hydrogen-bond acceptors (Lipinski definition) is 2. The van der Waals surface area contributed by atoms with Crippen LogP contribution in [0.1, 0.15) is 26.2 Å². The van der Waals surface area contributed by atoms with Crippen molar-refractivity contribution in [3.63, 3.8) is 0 Å². The minimum Gasteiger partial charge on any atom is -0.303 e. The molecule has 2 nitrogen and oxygen atoms in total. The van der Waals surface area contributed by atoms with Crippen molar-refractivity contribution in [3.8, 4) is 0 Å². The maximum Gasteiger partial charge on any atom is 0.155 e. The van der Waals surface area contributed by atoms with E-state index in [1.807, 2.05) is 6.92 Å². The number of ketones is 1. The number of allylic oxidation sites excluding steroid dienone is 2. The van der Waals surface area contributed by atoms with Gasteiger partial charge in [-0.25, -0.2) is 0 Å². The topological polar surface area (TPSA) is 34.1 Å². The molecule has 0 saturated carbocycles. The highest BCUT2D eigenvalue weighted by atomic mass is 16.1. The maximum absolute atomic E-state index is 10.6. The van der Waals surface area contributed by atoms with Crippen LogP contribution in [-0.4, -0.2) is 12.1 Å². The van der Waals surface area contributed by atoms with E-state index in [1.54, 1.807) is 6.08 Å². The van der Waals surface area contributed by atoms with E-state index < -0.39 is 0 Å². The molecule has 0 aromatic carbocycles. The Labute approximate surface area is 60.9 Å². The van der Waals surface area contributed by atoms with Crippen LogP contribution in [0, 0.1) is 0 Å². The molecule has 0 fully saturated rings. The first kappa shape index (κ1) is 9.08. The molecule has 0 unspecified atom stereocenters. The highest BCUT2D eigenvalue weighted by molar-refractivity contribution is 5.89. The molecule has 0 radical (unpaired) electrons. The van der Waals surface area contributed by atoms with E-state index in [4.69, 9.17) is 0 Å². The van der Waals surface area contributed by atoms with Crippen molar-refractivity contribution in [2.24, 2.45) is 0 Å². The Bertz CT molecular complexity index is 136. The zero-order valence-electron chi connectivity index (χ0n) is 6.17. The van der Waals surface area contributed by atoms with Gasteiger partial charge in [-0.05, 0) is 12.5 Å². The summed E-state index contributed by atoms with van der Waals surface area (Å²) in [7, 11) is 0. The van der Waals surface area contributed by atoms with E-state index >= 15 is 0 Å². The van der Waals surface area contributed by atoms with E-state index in [-0.39, 0.29) is 5.78 Å². The van der Waals surface area contributed by atoms with Gasteiger partial charge in [0.05, 0.1) is 0 Å². The maximum atomic E-state index is 10.6. The summed E-state index contributed by atoms with van der Waals surface area (Å²) in [5, 5.41) is 0. The van der Waals surface area contributed by atoms with Crippen molar-refractivity contribution in [2.75, 3.05) is 0 Å². The molecule has 0 heterocycles. The lowest BCUT2D eigenvalue weighted by Gasteiger charge is -1.83. The first-order valence-corrected chi connectivity index (χ1v) is 3.44. The van der Waals surface area contributed by atoms with Crippen LogP contribution in [0.5, 0.6) is 0 Å². The third-order valence-corrected chi connectivity index (χ3v) is 1.10. The highest BCUT2D eigenvalue weighted by Crippen LogP contribution is 1.89. The van der Waals surface area contributed by atoms with Crippen molar-refractivity contribution >= 4 is 12.1 Å². The van der Waals surface area contributed by atoms with Gasteiger partial charge in [0.25, 0.3) is 0 Å². The normalized spacial score (nSPS) is 10.1. The lowest BCUT2D eigenvalue weighted by molar-refractivity contribution is -0.114. The predicted molar refractivity (Wildman–Crippen MR) is 39.7 cm³/mol. The van der Waals surface area contributed by atoms with Crippen LogP contribution >= 0.6 is 0 Å². The lowest BCUT2D eigenvalue weighted by atomic mass is 10.2. The molecule has 0 rings (SSSR count). The summed E-state index contributed by atoms with van der Waals surface area (Å²) in [5.74, 6) is 0.117. The molecule has 56 valence electrons. The fraction of sp³-hybridized carbons (Fsp3) is 0.500. The lowest BCUT2D eigenvalue weighted by Crippen LogP contribution is -1.86. The molecule has 0 aliphatic carbocycles. The number of hydrogen-bond donors (Lipinski definition) is 0. The van der Waals surface area contributed by atoms with Gasteiger partial charge in [0.2, 0.25) is 0 Å². The summed E-state index contributed by atoms with van der Waals surface area (Å²) in [4.78, 5) is 20.4. The molecule has 0 aliphatic rings. The summed E-state index contributed by atoms with van der Waals surface area (Å²) in [5.41, 5.74) is 0. The zero-order chi connectivity index (χ0) is 7.82. The number of aldehydes is 1.